The van der Waals surface area contributed by atoms with E-state index in [1.165, 1.54) is 12.8 Å². The predicted octanol–water partition coefficient (Wildman–Crippen LogP) is 1.49. The van der Waals surface area contributed by atoms with Crippen molar-refractivity contribution in [3.8, 4) is 0 Å². The lowest BCUT2D eigenvalue weighted by Gasteiger charge is -2.39. The van der Waals surface area contributed by atoms with Crippen LogP contribution in [0.3, 0.4) is 0 Å². The molecule has 1 N–H and O–H groups in total. The summed E-state index contributed by atoms with van der Waals surface area (Å²) in [5, 5.41) is 9.19. The van der Waals surface area contributed by atoms with Gasteiger partial charge in [-0.25, -0.2) is 0 Å². The number of ether oxygens (including phenoxy) is 1. The van der Waals surface area contributed by atoms with E-state index in [-0.39, 0.29) is 12.1 Å². The summed E-state index contributed by atoms with van der Waals surface area (Å²) in [4.78, 5) is 13.3. The Balaban J connectivity index is 2.06. The number of hydrogen-bond donors (Lipinski definition) is 1. The lowest BCUT2D eigenvalue weighted by Crippen LogP contribution is -2.50. The highest BCUT2D eigenvalue weighted by molar-refractivity contribution is 5.73. The number of nitrogens with zero attached hydrogens (tertiary/aromatic N) is 1. The van der Waals surface area contributed by atoms with Crippen LogP contribution >= 0.6 is 0 Å². The summed E-state index contributed by atoms with van der Waals surface area (Å²) in [6.07, 6.45) is 6.60. The molecular weight excluding hydrogens is 206 g/mol. The molecule has 4 heteroatoms. The van der Waals surface area contributed by atoms with Crippen LogP contribution in [0.1, 0.15) is 38.5 Å². The maximum Gasteiger partial charge on any atom is 0.320 e. The van der Waals surface area contributed by atoms with E-state index in [4.69, 9.17) is 4.74 Å². The Morgan fingerprint density at radius 2 is 2.00 bits per heavy atom. The fourth-order valence-corrected chi connectivity index (χ4v) is 3.18. The Kier molecular flexibility index (Phi) is 3.82. The third-order valence-electron chi connectivity index (χ3n) is 3.98. The number of rotatable bonds is 3. The van der Waals surface area contributed by atoms with Crippen LogP contribution in [0.4, 0.5) is 0 Å². The van der Waals surface area contributed by atoms with Crippen molar-refractivity contribution in [2.75, 3.05) is 13.7 Å². The van der Waals surface area contributed by atoms with Gasteiger partial charge in [0.2, 0.25) is 0 Å². The molecule has 0 bridgehead atoms. The van der Waals surface area contributed by atoms with Gasteiger partial charge in [-0.2, -0.15) is 0 Å². The number of methoxy groups -OCH3 is 1. The van der Waals surface area contributed by atoms with Gasteiger partial charge in [-0.3, -0.25) is 9.69 Å². The third-order valence-corrected chi connectivity index (χ3v) is 3.98. The molecule has 2 rings (SSSR count). The van der Waals surface area contributed by atoms with Gasteiger partial charge in [0.15, 0.2) is 0 Å². The summed E-state index contributed by atoms with van der Waals surface area (Å²) < 4.78 is 5.51. The summed E-state index contributed by atoms with van der Waals surface area (Å²) >= 11 is 0. The van der Waals surface area contributed by atoms with E-state index in [0.717, 1.165) is 32.2 Å². The van der Waals surface area contributed by atoms with Crippen LogP contribution in [0.15, 0.2) is 0 Å². The minimum absolute atomic E-state index is 0.230. The molecule has 1 heterocycles. The second kappa shape index (κ2) is 5.15. The molecule has 0 amide bonds. The summed E-state index contributed by atoms with van der Waals surface area (Å²) in [5.41, 5.74) is 0. The van der Waals surface area contributed by atoms with Gasteiger partial charge in [-0.15, -0.1) is 0 Å². The molecule has 3 atom stereocenters. The number of carbonyl (C=O) groups is 1. The van der Waals surface area contributed by atoms with Crippen LogP contribution in [0, 0.1) is 0 Å². The Labute approximate surface area is 96.6 Å². The fraction of sp³-hybridized carbons (Fsp3) is 0.917. The molecule has 2 aliphatic rings. The van der Waals surface area contributed by atoms with Crippen molar-refractivity contribution in [1.29, 1.82) is 0 Å². The van der Waals surface area contributed by atoms with Crippen molar-refractivity contribution in [1.82, 2.24) is 4.90 Å². The second-order valence-corrected chi connectivity index (χ2v) is 4.86. The Morgan fingerprint density at radius 1 is 1.25 bits per heavy atom. The summed E-state index contributed by atoms with van der Waals surface area (Å²) in [6.45, 7) is 0.918. The van der Waals surface area contributed by atoms with Crippen molar-refractivity contribution >= 4 is 5.97 Å². The Bertz CT molecular complexity index is 257. The molecule has 4 nitrogen and oxygen atoms in total. The number of carboxylic acids is 1. The summed E-state index contributed by atoms with van der Waals surface area (Å²) in [7, 11) is 1.74. The van der Waals surface area contributed by atoms with Gasteiger partial charge in [0, 0.05) is 13.2 Å². The number of hydrogen-bond acceptors (Lipinski definition) is 3. The van der Waals surface area contributed by atoms with Crippen LogP contribution in [-0.4, -0.2) is 47.8 Å². The first-order valence-corrected chi connectivity index (χ1v) is 6.25. The summed E-state index contributed by atoms with van der Waals surface area (Å²) in [5.74, 6) is -0.669. The maximum absolute atomic E-state index is 11.2. The highest BCUT2D eigenvalue weighted by atomic mass is 16.5. The van der Waals surface area contributed by atoms with E-state index in [9.17, 15) is 9.90 Å². The van der Waals surface area contributed by atoms with Crippen LogP contribution in [-0.2, 0) is 9.53 Å². The van der Waals surface area contributed by atoms with Gasteiger partial charge in [0.25, 0.3) is 0 Å². The first-order chi connectivity index (χ1) is 7.74. The molecule has 0 aromatic carbocycles. The van der Waals surface area contributed by atoms with Crippen molar-refractivity contribution in [2.45, 2.75) is 56.7 Å². The molecule has 0 radical (unpaired) electrons. The second-order valence-electron chi connectivity index (χ2n) is 4.86. The molecule has 0 aromatic heterocycles. The van der Waals surface area contributed by atoms with Crippen LogP contribution < -0.4 is 0 Å². The average Bonchev–Trinajstić information content (AvgIpc) is 2.77. The molecule has 92 valence electrons. The molecule has 2 fully saturated rings. The normalized spacial score (nSPS) is 36.4. The molecule has 1 aliphatic heterocycles. The van der Waals surface area contributed by atoms with Crippen molar-refractivity contribution in [2.24, 2.45) is 0 Å². The van der Waals surface area contributed by atoms with E-state index in [0.29, 0.717) is 6.04 Å². The molecule has 0 aromatic rings. The molecular formula is C12H21NO3. The number of aliphatic carboxylic acids is 1. The first kappa shape index (κ1) is 11.9. The molecule has 1 saturated heterocycles. The summed E-state index contributed by atoms with van der Waals surface area (Å²) in [6, 6.07) is 0.0445. The van der Waals surface area contributed by atoms with E-state index in [1.54, 1.807) is 7.11 Å². The van der Waals surface area contributed by atoms with Gasteiger partial charge in [-0.1, -0.05) is 12.8 Å². The number of likely N-dealkylation sites (tertiary alicyclic amines) is 1. The quantitative estimate of drug-likeness (QED) is 0.793. The molecule has 16 heavy (non-hydrogen) atoms. The third kappa shape index (κ3) is 2.23. The van der Waals surface area contributed by atoms with E-state index in [2.05, 4.69) is 4.90 Å². The van der Waals surface area contributed by atoms with Crippen molar-refractivity contribution < 1.29 is 14.6 Å². The van der Waals surface area contributed by atoms with Crippen LogP contribution in [0.2, 0.25) is 0 Å². The topological polar surface area (TPSA) is 49.8 Å². The van der Waals surface area contributed by atoms with Crippen LogP contribution in [0.5, 0.6) is 0 Å². The lowest BCUT2D eigenvalue weighted by atomic mass is 9.90. The zero-order valence-electron chi connectivity index (χ0n) is 9.89. The van der Waals surface area contributed by atoms with E-state index < -0.39 is 5.97 Å². The molecule has 3 unspecified atom stereocenters. The highest BCUT2D eigenvalue weighted by Crippen LogP contribution is 2.30. The van der Waals surface area contributed by atoms with E-state index >= 15 is 0 Å². The van der Waals surface area contributed by atoms with Gasteiger partial charge < -0.3 is 9.84 Å². The Morgan fingerprint density at radius 3 is 2.69 bits per heavy atom. The van der Waals surface area contributed by atoms with Gasteiger partial charge in [0.1, 0.15) is 6.04 Å². The van der Waals surface area contributed by atoms with Crippen molar-refractivity contribution in [3.05, 3.63) is 0 Å². The predicted molar refractivity (Wildman–Crippen MR) is 60.4 cm³/mol. The molecule has 1 saturated carbocycles. The van der Waals surface area contributed by atoms with E-state index in [1.807, 2.05) is 0 Å². The van der Waals surface area contributed by atoms with Gasteiger partial charge in [-0.05, 0) is 32.2 Å². The molecule has 1 aliphatic carbocycles. The fourth-order valence-electron chi connectivity index (χ4n) is 3.18. The zero-order chi connectivity index (χ0) is 11.5. The monoisotopic (exact) mass is 227 g/mol. The largest absolute Gasteiger partial charge is 0.480 e. The van der Waals surface area contributed by atoms with Crippen LogP contribution in [0.25, 0.3) is 0 Å². The van der Waals surface area contributed by atoms with Gasteiger partial charge >= 0.3 is 5.97 Å². The lowest BCUT2D eigenvalue weighted by molar-refractivity contribution is -0.144. The SMILES string of the molecule is COC1CCCCC1N1CCCC1C(=O)O. The molecule has 0 spiro atoms. The van der Waals surface area contributed by atoms with Gasteiger partial charge in [0.05, 0.1) is 6.10 Å². The first-order valence-electron chi connectivity index (χ1n) is 6.25. The zero-order valence-corrected chi connectivity index (χ0v) is 9.89. The number of carboxylic acid groups (broad SMARTS) is 1. The Hall–Kier alpha value is -0.610. The van der Waals surface area contributed by atoms with Crippen molar-refractivity contribution in [3.63, 3.8) is 0 Å². The standard InChI is InChI=1S/C12H21NO3/c1-16-11-7-3-2-5-9(11)13-8-4-6-10(13)12(14)15/h9-11H,2-8H2,1H3,(H,14,15). The maximum atomic E-state index is 11.2. The highest BCUT2D eigenvalue weighted by Gasteiger charge is 2.39. The average molecular weight is 227 g/mol. The minimum Gasteiger partial charge on any atom is -0.480 e. The minimum atomic E-state index is -0.669. The smallest absolute Gasteiger partial charge is 0.320 e.